The summed E-state index contributed by atoms with van der Waals surface area (Å²) in [6.07, 6.45) is 1.81. The number of nitrogens with zero attached hydrogens (tertiary/aromatic N) is 2. The van der Waals surface area contributed by atoms with E-state index in [-0.39, 0.29) is 18.2 Å². The third kappa shape index (κ3) is 3.59. The second-order valence-electron chi connectivity index (χ2n) is 5.74. The van der Waals surface area contributed by atoms with E-state index in [9.17, 15) is 14.7 Å². The van der Waals surface area contributed by atoms with Crippen molar-refractivity contribution < 1.29 is 14.7 Å². The minimum atomic E-state index is -1.05. The average Bonchev–Trinajstić information content (AvgIpc) is 2.64. The minimum absolute atomic E-state index is 0.0285. The standard InChI is InChI=1S/C14H23N3O3/c1-9(2)14(4,13(19)20)6-12(18)15-7-11-8-17(5)16-10(11)3/h8-9H,6-7H2,1-5H3,(H,15,18)(H,19,20). The van der Waals surface area contributed by atoms with Gasteiger partial charge in [0, 0.05) is 31.8 Å². The fourth-order valence-electron chi connectivity index (χ4n) is 1.94. The molecule has 1 aromatic heterocycles. The normalized spacial score (nSPS) is 14.1. The van der Waals surface area contributed by atoms with Crippen molar-refractivity contribution in [2.75, 3.05) is 0 Å². The number of carbonyl (C=O) groups excluding carboxylic acids is 1. The molecule has 0 saturated heterocycles. The molecule has 0 aliphatic carbocycles. The van der Waals surface area contributed by atoms with Gasteiger partial charge in [0.05, 0.1) is 11.1 Å². The first-order valence-corrected chi connectivity index (χ1v) is 6.66. The Labute approximate surface area is 119 Å². The first-order valence-electron chi connectivity index (χ1n) is 6.66. The van der Waals surface area contributed by atoms with Gasteiger partial charge in [-0.2, -0.15) is 5.10 Å². The van der Waals surface area contributed by atoms with Crippen LogP contribution in [-0.4, -0.2) is 26.8 Å². The number of rotatable bonds is 6. The van der Waals surface area contributed by atoms with Gasteiger partial charge in [-0.1, -0.05) is 13.8 Å². The van der Waals surface area contributed by atoms with Gasteiger partial charge in [-0.25, -0.2) is 0 Å². The Morgan fingerprint density at radius 2 is 2.10 bits per heavy atom. The van der Waals surface area contributed by atoms with Crippen molar-refractivity contribution in [2.45, 2.75) is 40.7 Å². The number of amides is 1. The van der Waals surface area contributed by atoms with E-state index in [0.717, 1.165) is 11.3 Å². The fraction of sp³-hybridized carbons (Fsp3) is 0.643. The summed E-state index contributed by atoms with van der Waals surface area (Å²) in [6.45, 7) is 7.47. The maximum absolute atomic E-state index is 12.0. The molecular weight excluding hydrogens is 258 g/mol. The molecule has 0 spiro atoms. The predicted molar refractivity (Wildman–Crippen MR) is 75.0 cm³/mol. The lowest BCUT2D eigenvalue weighted by Crippen LogP contribution is -2.39. The van der Waals surface area contributed by atoms with Crippen LogP contribution in [-0.2, 0) is 23.2 Å². The summed E-state index contributed by atoms with van der Waals surface area (Å²) >= 11 is 0. The molecule has 0 aliphatic heterocycles. The van der Waals surface area contributed by atoms with Crippen molar-refractivity contribution >= 4 is 11.9 Å². The average molecular weight is 281 g/mol. The molecule has 1 rings (SSSR count). The molecule has 0 fully saturated rings. The van der Waals surface area contributed by atoms with E-state index in [1.54, 1.807) is 11.6 Å². The number of aromatic nitrogens is 2. The van der Waals surface area contributed by atoms with Gasteiger partial charge in [-0.15, -0.1) is 0 Å². The maximum atomic E-state index is 12.0. The van der Waals surface area contributed by atoms with E-state index < -0.39 is 11.4 Å². The van der Waals surface area contributed by atoms with Gasteiger partial charge < -0.3 is 10.4 Å². The minimum Gasteiger partial charge on any atom is -0.481 e. The number of hydrogen-bond donors (Lipinski definition) is 2. The number of hydrogen-bond acceptors (Lipinski definition) is 3. The molecule has 6 nitrogen and oxygen atoms in total. The summed E-state index contributed by atoms with van der Waals surface area (Å²) in [5, 5.41) is 16.2. The Morgan fingerprint density at radius 1 is 1.50 bits per heavy atom. The monoisotopic (exact) mass is 281 g/mol. The van der Waals surface area contributed by atoms with Gasteiger partial charge >= 0.3 is 5.97 Å². The summed E-state index contributed by atoms with van der Waals surface area (Å²) in [4.78, 5) is 23.3. The van der Waals surface area contributed by atoms with E-state index in [0.29, 0.717) is 6.54 Å². The molecule has 0 aromatic carbocycles. The molecule has 6 heteroatoms. The van der Waals surface area contributed by atoms with E-state index >= 15 is 0 Å². The first-order chi connectivity index (χ1) is 9.16. The Bertz CT molecular complexity index is 508. The van der Waals surface area contributed by atoms with E-state index in [4.69, 9.17) is 0 Å². The molecular formula is C14H23N3O3. The highest BCUT2D eigenvalue weighted by Crippen LogP contribution is 2.31. The second kappa shape index (κ2) is 6.07. The molecule has 1 atom stereocenters. The number of nitrogens with one attached hydrogen (secondary N) is 1. The fourth-order valence-corrected chi connectivity index (χ4v) is 1.94. The van der Waals surface area contributed by atoms with Crippen LogP contribution in [0.4, 0.5) is 0 Å². The maximum Gasteiger partial charge on any atom is 0.310 e. The lowest BCUT2D eigenvalue weighted by molar-refractivity contribution is -0.153. The molecule has 1 amide bonds. The molecule has 112 valence electrons. The molecule has 0 bridgehead atoms. The van der Waals surface area contributed by atoms with Crippen LogP contribution in [0.1, 0.15) is 38.4 Å². The quantitative estimate of drug-likeness (QED) is 0.827. The molecule has 20 heavy (non-hydrogen) atoms. The molecule has 0 radical (unpaired) electrons. The largest absolute Gasteiger partial charge is 0.481 e. The number of carboxylic acid groups (broad SMARTS) is 1. The number of carboxylic acids is 1. The summed E-state index contributed by atoms with van der Waals surface area (Å²) in [5.74, 6) is -1.32. The van der Waals surface area contributed by atoms with Gasteiger partial charge in [0.2, 0.25) is 5.91 Å². The zero-order valence-electron chi connectivity index (χ0n) is 12.7. The van der Waals surface area contributed by atoms with Crippen molar-refractivity contribution in [1.82, 2.24) is 15.1 Å². The molecule has 1 aromatic rings. The lowest BCUT2D eigenvalue weighted by atomic mass is 9.76. The second-order valence-corrected chi connectivity index (χ2v) is 5.74. The predicted octanol–water partition coefficient (Wildman–Crippen LogP) is 1.48. The molecule has 0 saturated carbocycles. The van der Waals surface area contributed by atoms with Crippen molar-refractivity contribution in [3.8, 4) is 0 Å². The summed E-state index contributed by atoms with van der Waals surface area (Å²) in [7, 11) is 1.82. The summed E-state index contributed by atoms with van der Waals surface area (Å²) < 4.78 is 1.69. The van der Waals surface area contributed by atoms with Gasteiger partial charge in [-0.05, 0) is 19.8 Å². The summed E-state index contributed by atoms with van der Waals surface area (Å²) in [5.41, 5.74) is 0.744. The molecule has 1 heterocycles. The van der Waals surface area contributed by atoms with Crippen LogP contribution in [0.5, 0.6) is 0 Å². The van der Waals surface area contributed by atoms with E-state index in [2.05, 4.69) is 10.4 Å². The van der Waals surface area contributed by atoms with Crippen molar-refractivity contribution in [3.05, 3.63) is 17.5 Å². The zero-order chi connectivity index (χ0) is 15.5. The Kier molecular flexibility index (Phi) is 4.92. The molecule has 2 N–H and O–H groups in total. The van der Waals surface area contributed by atoms with Gasteiger partial charge in [0.25, 0.3) is 0 Å². The Morgan fingerprint density at radius 3 is 2.50 bits per heavy atom. The Balaban J connectivity index is 2.64. The number of aryl methyl sites for hydroxylation is 2. The van der Waals surface area contributed by atoms with Crippen LogP contribution in [0.2, 0.25) is 0 Å². The van der Waals surface area contributed by atoms with Crippen molar-refractivity contribution in [3.63, 3.8) is 0 Å². The van der Waals surface area contributed by atoms with Crippen LogP contribution < -0.4 is 5.32 Å². The van der Waals surface area contributed by atoms with Crippen LogP contribution in [0.15, 0.2) is 6.20 Å². The number of carbonyl (C=O) groups is 2. The van der Waals surface area contributed by atoms with E-state index in [1.807, 2.05) is 34.0 Å². The van der Waals surface area contributed by atoms with Crippen molar-refractivity contribution in [1.29, 1.82) is 0 Å². The highest BCUT2D eigenvalue weighted by Gasteiger charge is 2.38. The van der Waals surface area contributed by atoms with Gasteiger partial charge in [0.15, 0.2) is 0 Å². The van der Waals surface area contributed by atoms with Gasteiger partial charge in [-0.3, -0.25) is 14.3 Å². The topological polar surface area (TPSA) is 84.2 Å². The first kappa shape index (κ1) is 16.2. The molecule has 0 aliphatic rings. The molecule has 1 unspecified atom stereocenters. The Hall–Kier alpha value is -1.85. The number of aliphatic carboxylic acids is 1. The third-order valence-corrected chi connectivity index (χ3v) is 3.88. The van der Waals surface area contributed by atoms with Crippen LogP contribution in [0.3, 0.4) is 0 Å². The van der Waals surface area contributed by atoms with E-state index in [1.165, 1.54) is 0 Å². The van der Waals surface area contributed by atoms with Gasteiger partial charge in [0.1, 0.15) is 0 Å². The summed E-state index contributed by atoms with van der Waals surface area (Å²) in [6, 6.07) is 0. The van der Waals surface area contributed by atoms with Crippen LogP contribution in [0, 0.1) is 18.3 Å². The lowest BCUT2D eigenvalue weighted by Gasteiger charge is -2.28. The van der Waals surface area contributed by atoms with Crippen LogP contribution in [0.25, 0.3) is 0 Å². The highest BCUT2D eigenvalue weighted by molar-refractivity contribution is 5.84. The van der Waals surface area contributed by atoms with Crippen molar-refractivity contribution in [2.24, 2.45) is 18.4 Å². The third-order valence-electron chi connectivity index (χ3n) is 3.88. The van der Waals surface area contributed by atoms with Crippen LogP contribution >= 0.6 is 0 Å². The SMILES string of the molecule is Cc1nn(C)cc1CNC(=O)CC(C)(C(=O)O)C(C)C. The highest BCUT2D eigenvalue weighted by atomic mass is 16.4. The zero-order valence-corrected chi connectivity index (χ0v) is 12.7. The smallest absolute Gasteiger partial charge is 0.310 e.